The summed E-state index contributed by atoms with van der Waals surface area (Å²) >= 11 is 0. The normalized spacial score (nSPS) is 20.0. The topological polar surface area (TPSA) is 186 Å². The van der Waals surface area contributed by atoms with Gasteiger partial charge in [-0.3, -0.25) is 14.4 Å². The Morgan fingerprint density at radius 2 is 1.62 bits per heavy atom. The zero-order valence-electron chi connectivity index (χ0n) is 34.8. The number of aromatic nitrogens is 4. The summed E-state index contributed by atoms with van der Waals surface area (Å²) in [7, 11) is -0.574. The number of likely N-dealkylation sites (tertiary alicyclic amines) is 1. The minimum atomic E-state index is -1.84. The van der Waals surface area contributed by atoms with Gasteiger partial charge in [-0.1, -0.05) is 71.1 Å². The highest BCUT2D eigenvalue weighted by atomic mass is 28.3. The van der Waals surface area contributed by atoms with Gasteiger partial charge in [0.25, 0.3) is 0 Å². The van der Waals surface area contributed by atoms with Gasteiger partial charge in [0.15, 0.2) is 0 Å². The van der Waals surface area contributed by atoms with Crippen molar-refractivity contribution in [2.24, 2.45) is 11.8 Å². The van der Waals surface area contributed by atoms with E-state index in [2.05, 4.69) is 38.7 Å². The molecule has 2 aromatic heterocycles. The van der Waals surface area contributed by atoms with Gasteiger partial charge in [-0.2, -0.15) is 0 Å². The maximum atomic E-state index is 16.0. The fourth-order valence-corrected chi connectivity index (χ4v) is 11.4. The van der Waals surface area contributed by atoms with Gasteiger partial charge in [0, 0.05) is 29.1 Å². The number of amides is 4. The fraction of sp³-hybridized carbons (Fsp3) is 0.442. The van der Waals surface area contributed by atoms with Crippen molar-refractivity contribution in [3.05, 3.63) is 72.2 Å². The van der Waals surface area contributed by atoms with Gasteiger partial charge in [-0.05, 0) is 47.0 Å². The van der Waals surface area contributed by atoms with E-state index in [1.54, 1.807) is 26.1 Å². The Morgan fingerprint density at radius 1 is 0.917 bits per heavy atom. The van der Waals surface area contributed by atoms with Gasteiger partial charge in [0.2, 0.25) is 17.7 Å². The minimum Gasteiger partial charge on any atom is -0.453 e. The van der Waals surface area contributed by atoms with Crippen LogP contribution in [0.1, 0.15) is 57.8 Å². The number of nitrogens with zero attached hydrogens (tertiary/aromatic N) is 4. The predicted molar refractivity (Wildman–Crippen MR) is 225 cm³/mol. The van der Waals surface area contributed by atoms with Crippen LogP contribution >= 0.6 is 0 Å². The first kappa shape index (κ1) is 42.4. The summed E-state index contributed by atoms with van der Waals surface area (Å²) in [5.41, 5.74) is 3.55. The van der Waals surface area contributed by atoms with Gasteiger partial charge in [-0.25, -0.2) is 23.5 Å². The molecule has 7 rings (SSSR count). The maximum Gasteiger partial charge on any atom is 0.407 e. The molecule has 14 nitrogen and oxygen atoms in total. The molecule has 5 aromatic rings. The first-order chi connectivity index (χ1) is 28.5. The highest BCUT2D eigenvalue weighted by molar-refractivity contribution is 6.78. The number of benzene rings is 3. The van der Waals surface area contributed by atoms with Gasteiger partial charge in [-0.15, -0.1) is 0 Å². The Hall–Kier alpha value is -5.68. The molecule has 0 aliphatic carbocycles. The Morgan fingerprint density at radius 3 is 2.30 bits per heavy atom. The number of methoxy groups -OCH3 is 1. The van der Waals surface area contributed by atoms with Crippen LogP contribution in [-0.4, -0.2) is 111 Å². The number of fused-ring (bicyclic) bond motifs is 3. The summed E-state index contributed by atoms with van der Waals surface area (Å²) in [6.45, 7) is 10.8. The summed E-state index contributed by atoms with van der Waals surface area (Å²) < 4.78 is 35.7. The van der Waals surface area contributed by atoms with E-state index in [0.717, 1.165) is 16.8 Å². The Bertz CT molecular complexity index is 2450. The van der Waals surface area contributed by atoms with Crippen molar-refractivity contribution in [2.75, 3.05) is 26.4 Å². The molecule has 4 amide bonds. The standard InChI is InChI=1S/C43H52F2N8O6Si/c1-22(2)36(49-35(55)19-54)41(56)52-18-27(44)16-33(52)40-47-31-13-10-25-14-24(8-12-29(25)38(31)50-40)28-11-9-26(15-30(28)45)32-17-46-39(48-32)34-20-60(6,7)21-53(34)42(57)37(23(3)4)51-43(58)59-5/h8-15,17,22-23,27,33-34,36-37,54H,16,18-21H2,1-7H3,(H,46,48)(H,47,50)(H,49,55)(H,51,58)/t27?,33-,34-,36-,37-/m0/s1. The van der Waals surface area contributed by atoms with E-state index in [9.17, 15) is 28.7 Å². The molecule has 318 valence electrons. The zero-order valence-corrected chi connectivity index (χ0v) is 35.8. The third-order valence-corrected chi connectivity index (χ3v) is 14.3. The minimum absolute atomic E-state index is 0.0366. The molecule has 5 N–H and O–H groups in total. The van der Waals surface area contributed by atoms with Crippen LogP contribution in [0.25, 0.3) is 44.2 Å². The molecule has 17 heteroatoms. The number of carbonyl (C=O) groups is 4. The highest BCUT2D eigenvalue weighted by Crippen LogP contribution is 2.40. The SMILES string of the molecule is COC(=O)N[C@H](C(=O)N1C[Si](C)(C)C[C@H]1c1ncc(-c2ccc(-c3ccc4c(ccc5[nH]c([C@@H]6CC(F)CN6C(=O)[C@@H](NC(=O)CO)C(C)C)nc54)c3)c(F)c2)[nH]1)C(C)C. The largest absolute Gasteiger partial charge is 0.453 e. The molecular weight excluding hydrogens is 791 g/mol. The molecule has 2 saturated heterocycles. The van der Waals surface area contributed by atoms with E-state index in [1.165, 1.54) is 18.1 Å². The van der Waals surface area contributed by atoms with E-state index in [0.29, 0.717) is 51.2 Å². The van der Waals surface area contributed by atoms with Crippen LogP contribution < -0.4 is 10.6 Å². The lowest BCUT2D eigenvalue weighted by atomic mass is 9.98. The number of H-pyrrole nitrogens is 2. The third-order valence-electron chi connectivity index (χ3n) is 11.6. The number of imidazole rings is 2. The molecular formula is C43H52F2N8O6Si. The number of hydrogen-bond acceptors (Lipinski definition) is 8. The van der Waals surface area contributed by atoms with Crippen LogP contribution in [0.4, 0.5) is 13.6 Å². The molecule has 5 atom stereocenters. The average Bonchev–Trinajstić information content (AvgIpc) is 4.02. The Balaban J connectivity index is 1.12. The Kier molecular flexibility index (Phi) is 11.9. The second kappa shape index (κ2) is 16.8. The highest BCUT2D eigenvalue weighted by Gasteiger charge is 2.46. The van der Waals surface area contributed by atoms with Crippen molar-refractivity contribution < 1.29 is 37.8 Å². The van der Waals surface area contributed by atoms with Gasteiger partial charge in [0.1, 0.15) is 42.3 Å². The van der Waals surface area contributed by atoms with Gasteiger partial charge in [0.05, 0.1) is 56.7 Å². The van der Waals surface area contributed by atoms with E-state index < -0.39 is 62.7 Å². The van der Waals surface area contributed by atoms with Crippen LogP contribution in [0.3, 0.4) is 0 Å². The third kappa shape index (κ3) is 8.37. The summed E-state index contributed by atoms with van der Waals surface area (Å²) in [4.78, 5) is 70.9. The second-order valence-electron chi connectivity index (χ2n) is 17.4. The molecule has 2 fully saturated rings. The van der Waals surface area contributed by atoms with Crippen molar-refractivity contribution in [1.82, 2.24) is 40.4 Å². The lowest BCUT2D eigenvalue weighted by molar-refractivity contribution is -0.139. The van der Waals surface area contributed by atoms with E-state index in [-0.39, 0.29) is 36.8 Å². The quantitative estimate of drug-likeness (QED) is 0.0978. The van der Waals surface area contributed by atoms with Crippen LogP contribution in [0, 0.1) is 17.7 Å². The summed E-state index contributed by atoms with van der Waals surface area (Å²) in [5.74, 6) is -1.21. The molecule has 0 saturated carbocycles. The van der Waals surface area contributed by atoms with Crippen molar-refractivity contribution >= 4 is 53.7 Å². The number of aromatic amines is 2. The number of hydrogen-bond donors (Lipinski definition) is 5. The number of aliphatic hydroxyl groups is 1. The van der Waals surface area contributed by atoms with E-state index >= 15 is 4.39 Å². The number of alkyl halides is 1. The number of aliphatic hydroxyl groups excluding tert-OH is 1. The molecule has 0 bridgehead atoms. The molecule has 1 unspecified atom stereocenters. The predicted octanol–water partition coefficient (Wildman–Crippen LogP) is 6.17. The fourth-order valence-electron chi connectivity index (χ4n) is 8.54. The number of ether oxygens (including phenoxy) is 1. The molecule has 3 aromatic carbocycles. The average molecular weight is 843 g/mol. The number of carbonyl (C=O) groups excluding carboxylic acids is 4. The molecule has 0 spiro atoms. The Labute approximate surface area is 347 Å². The lowest BCUT2D eigenvalue weighted by Crippen LogP contribution is -2.52. The number of nitrogens with one attached hydrogen (secondary N) is 4. The number of halogens is 2. The summed E-state index contributed by atoms with van der Waals surface area (Å²) in [5, 5.41) is 16.1. The summed E-state index contributed by atoms with van der Waals surface area (Å²) in [6.07, 6.45) is 0.340. The maximum absolute atomic E-state index is 16.0. The van der Waals surface area contributed by atoms with Crippen LogP contribution in [0.2, 0.25) is 19.1 Å². The van der Waals surface area contributed by atoms with Crippen molar-refractivity contribution in [2.45, 2.75) is 83.6 Å². The van der Waals surface area contributed by atoms with Crippen molar-refractivity contribution in [3.8, 4) is 22.4 Å². The van der Waals surface area contributed by atoms with Crippen LogP contribution in [-0.2, 0) is 19.1 Å². The molecule has 60 heavy (non-hydrogen) atoms. The lowest BCUT2D eigenvalue weighted by Gasteiger charge is -2.30. The smallest absolute Gasteiger partial charge is 0.407 e. The zero-order chi connectivity index (χ0) is 43.2. The molecule has 0 radical (unpaired) electrons. The van der Waals surface area contributed by atoms with Crippen molar-refractivity contribution in [1.29, 1.82) is 0 Å². The van der Waals surface area contributed by atoms with Crippen LogP contribution in [0.15, 0.2) is 54.7 Å². The molecule has 2 aliphatic rings. The first-order valence-corrected chi connectivity index (χ1v) is 23.7. The first-order valence-electron chi connectivity index (χ1n) is 20.3. The summed E-state index contributed by atoms with van der Waals surface area (Å²) in [6, 6.07) is 12.4. The number of alkyl carbamates (subject to hydrolysis) is 1. The molecule has 4 heterocycles. The van der Waals surface area contributed by atoms with Crippen molar-refractivity contribution in [3.63, 3.8) is 0 Å². The number of rotatable bonds is 11. The van der Waals surface area contributed by atoms with E-state index in [4.69, 9.17) is 9.72 Å². The second-order valence-corrected chi connectivity index (χ2v) is 22.4. The van der Waals surface area contributed by atoms with Crippen LogP contribution in [0.5, 0.6) is 0 Å². The van der Waals surface area contributed by atoms with Gasteiger partial charge >= 0.3 is 6.09 Å². The monoisotopic (exact) mass is 842 g/mol. The van der Waals surface area contributed by atoms with Gasteiger partial charge < -0.3 is 40.2 Å². The molecule has 2 aliphatic heterocycles. The van der Waals surface area contributed by atoms with E-state index in [1.807, 2.05) is 55.1 Å².